The van der Waals surface area contributed by atoms with Crippen LogP contribution in [0.25, 0.3) is 0 Å². The molecule has 0 saturated carbocycles. The number of pyridine rings is 1. The Morgan fingerprint density at radius 1 is 1.21 bits per heavy atom. The Kier molecular flexibility index (Phi) is 6.52. The first kappa shape index (κ1) is 20.1. The number of carbonyl (C=O) groups excluding carboxylic acids is 2. The number of amides is 1. The van der Waals surface area contributed by atoms with Gasteiger partial charge in [-0.25, -0.2) is 9.78 Å². The number of methoxy groups -OCH3 is 1. The molecule has 1 aromatic carbocycles. The molecule has 0 aliphatic carbocycles. The molecule has 1 atom stereocenters. The first-order valence-corrected chi connectivity index (χ1v) is 9.72. The summed E-state index contributed by atoms with van der Waals surface area (Å²) >= 11 is 6.21. The van der Waals surface area contributed by atoms with E-state index in [1.54, 1.807) is 19.1 Å². The molecular formula is C21H24ClN3O3. The lowest BCUT2D eigenvalue weighted by Crippen LogP contribution is -2.43. The van der Waals surface area contributed by atoms with Crippen molar-refractivity contribution in [3.05, 3.63) is 58.7 Å². The Bertz CT molecular complexity index is 838. The maximum absolute atomic E-state index is 13.3. The number of aromatic nitrogens is 1. The van der Waals surface area contributed by atoms with Gasteiger partial charge < -0.3 is 14.5 Å². The first-order valence-electron chi connectivity index (χ1n) is 9.35. The second kappa shape index (κ2) is 9.06. The lowest BCUT2D eigenvalue weighted by molar-refractivity contribution is -0.145. The Morgan fingerprint density at radius 3 is 2.54 bits per heavy atom. The molecule has 0 unspecified atom stereocenters. The molecule has 3 rings (SSSR count). The van der Waals surface area contributed by atoms with Crippen LogP contribution in [0.3, 0.4) is 0 Å². The van der Waals surface area contributed by atoms with Gasteiger partial charge in [0.1, 0.15) is 17.0 Å². The van der Waals surface area contributed by atoms with Gasteiger partial charge in [-0.3, -0.25) is 4.79 Å². The van der Waals surface area contributed by atoms with Crippen LogP contribution in [0.1, 0.15) is 35.7 Å². The summed E-state index contributed by atoms with van der Waals surface area (Å²) in [5.41, 5.74) is 1.33. The summed E-state index contributed by atoms with van der Waals surface area (Å²) in [7, 11) is 1.32. The standard InChI is InChI=1S/C21H24ClN3O3/c1-15(21(27)28-2)25(14-16-8-4-3-5-9-16)20(26)17-12-18(22)23-19(13-17)24-10-6-7-11-24/h3-5,8-9,12-13,15H,6-7,10-11,14H2,1-2H3/t15-/m1/s1. The zero-order chi connectivity index (χ0) is 20.1. The number of carbonyl (C=O) groups is 2. The maximum Gasteiger partial charge on any atom is 0.328 e. The molecule has 1 aromatic heterocycles. The second-order valence-electron chi connectivity index (χ2n) is 6.85. The highest BCUT2D eigenvalue weighted by Gasteiger charge is 2.28. The zero-order valence-corrected chi connectivity index (χ0v) is 16.9. The maximum atomic E-state index is 13.3. The Morgan fingerprint density at radius 2 is 1.89 bits per heavy atom. The van der Waals surface area contributed by atoms with Gasteiger partial charge in [-0.05, 0) is 37.5 Å². The molecule has 0 radical (unpaired) electrons. The average molecular weight is 402 g/mol. The van der Waals surface area contributed by atoms with E-state index in [9.17, 15) is 9.59 Å². The molecule has 1 fully saturated rings. The number of ether oxygens (including phenoxy) is 1. The molecule has 148 valence electrons. The fourth-order valence-electron chi connectivity index (χ4n) is 3.34. The Balaban J connectivity index is 1.92. The minimum absolute atomic E-state index is 0.262. The molecule has 2 aromatic rings. The minimum Gasteiger partial charge on any atom is -0.467 e. The van der Waals surface area contributed by atoms with Gasteiger partial charge in [0.25, 0.3) is 5.91 Å². The van der Waals surface area contributed by atoms with E-state index in [1.807, 2.05) is 30.3 Å². The van der Waals surface area contributed by atoms with Gasteiger partial charge >= 0.3 is 5.97 Å². The SMILES string of the molecule is COC(=O)[C@@H](C)N(Cc1ccccc1)C(=O)c1cc(Cl)nc(N2CCCC2)c1. The largest absolute Gasteiger partial charge is 0.467 e. The van der Waals surface area contributed by atoms with Crippen molar-refractivity contribution in [2.24, 2.45) is 0 Å². The third-order valence-corrected chi connectivity index (χ3v) is 5.12. The van der Waals surface area contributed by atoms with Crippen LogP contribution >= 0.6 is 11.6 Å². The van der Waals surface area contributed by atoms with Crippen molar-refractivity contribution in [1.29, 1.82) is 0 Å². The molecule has 1 amide bonds. The molecule has 28 heavy (non-hydrogen) atoms. The predicted molar refractivity (Wildman–Crippen MR) is 108 cm³/mol. The summed E-state index contributed by atoms with van der Waals surface area (Å²) in [5, 5.41) is 0.262. The van der Waals surface area contributed by atoms with Crippen molar-refractivity contribution in [2.75, 3.05) is 25.1 Å². The number of rotatable bonds is 6. The van der Waals surface area contributed by atoms with E-state index >= 15 is 0 Å². The van der Waals surface area contributed by atoms with Gasteiger partial charge in [0, 0.05) is 25.2 Å². The van der Waals surface area contributed by atoms with Gasteiger partial charge in [-0.2, -0.15) is 0 Å². The smallest absolute Gasteiger partial charge is 0.328 e. The zero-order valence-electron chi connectivity index (χ0n) is 16.1. The van der Waals surface area contributed by atoms with E-state index in [1.165, 1.54) is 12.0 Å². The third kappa shape index (κ3) is 4.62. The van der Waals surface area contributed by atoms with Gasteiger partial charge in [0.05, 0.1) is 7.11 Å². The van der Waals surface area contributed by atoms with Crippen LogP contribution in [0.4, 0.5) is 5.82 Å². The fraction of sp³-hybridized carbons (Fsp3) is 0.381. The molecule has 1 saturated heterocycles. The van der Waals surface area contributed by atoms with Crippen molar-refractivity contribution in [3.63, 3.8) is 0 Å². The molecule has 1 aliphatic rings. The molecule has 0 N–H and O–H groups in total. The quantitative estimate of drug-likeness (QED) is 0.547. The Hall–Kier alpha value is -2.60. The summed E-state index contributed by atoms with van der Waals surface area (Å²) in [6.07, 6.45) is 2.19. The summed E-state index contributed by atoms with van der Waals surface area (Å²) < 4.78 is 4.87. The van der Waals surface area contributed by atoms with E-state index in [4.69, 9.17) is 16.3 Å². The lowest BCUT2D eigenvalue weighted by atomic mass is 10.1. The van der Waals surface area contributed by atoms with E-state index < -0.39 is 12.0 Å². The number of hydrogen-bond acceptors (Lipinski definition) is 5. The van der Waals surface area contributed by atoms with E-state index in [0.29, 0.717) is 11.4 Å². The molecule has 0 bridgehead atoms. The highest BCUT2D eigenvalue weighted by atomic mass is 35.5. The molecule has 7 heteroatoms. The lowest BCUT2D eigenvalue weighted by Gasteiger charge is -2.28. The van der Waals surface area contributed by atoms with Gasteiger partial charge in [0.2, 0.25) is 0 Å². The molecule has 0 spiro atoms. The molecule has 1 aliphatic heterocycles. The van der Waals surface area contributed by atoms with Crippen molar-refractivity contribution in [1.82, 2.24) is 9.88 Å². The van der Waals surface area contributed by atoms with E-state index in [-0.39, 0.29) is 17.6 Å². The van der Waals surface area contributed by atoms with Crippen LogP contribution in [0.5, 0.6) is 0 Å². The van der Waals surface area contributed by atoms with Crippen LogP contribution in [0.15, 0.2) is 42.5 Å². The monoisotopic (exact) mass is 401 g/mol. The average Bonchev–Trinajstić information content (AvgIpc) is 3.25. The van der Waals surface area contributed by atoms with Crippen LogP contribution in [0, 0.1) is 0 Å². The normalized spacial score (nSPS) is 14.6. The van der Waals surface area contributed by atoms with Crippen LogP contribution in [0.2, 0.25) is 5.15 Å². The molecule has 2 heterocycles. The highest BCUT2D eigenvalue weighted by molar-refractivity contribution is 6.30. The van der Waals surface area contributed by atoms with E-state index in [0.717, 1.165) is 31.5 Å². The van der Waals surface area contributed by atoms with Crippen LogP contribution in [-0.2, 0) is 16.1 Å². The predicted octanol–water partition coefficient (Wildman–Crippen LogP) is 3.54. The van der Waals surface area contributed by atoms with Gasteiger partial charge in [-0.1, -0.05) is 41.9 Å². The topological polar surface area (TPSA) is 62.7 Å². The summed E-state index contributed by atoms with van der Waals surface area (Å²) in [4.78, 5) is 33.5. The fourth-order valence-corrected chi connectivity index (χ4v) is 3.55. The molecular weight excluding hydrogens is 378 g/mol. The number of anilines is 1. The number of hydrogen-bond donors (Lipinski definition) is 0. The number of halogens is 1. The third-order valence-electron chi connectivity index (χ3n) is 4.92. The Labute approximate surface area is 170 Å². The van der Waals surface area contributed by atoms with Crippen molar-refractivity contribution in [3.8, 4) is 0 Å². The first-order chi connectivity index (χ1) is 13.5. The highest BCUT2D eigenvalue weighted by Crippen LogP contribution is 2.24. The van der Waals surface area contributed by atoms with Crippen molar-refractivity contribution < 1.29 is 14.3 Å². The summed E-state index contributed by atoms with van der Waals surface area (Å²) in [6.45, 7) is 3.74. The second-order valence-corrected chi connectivity index (χ2v) is 7.24. The summed E-state index contributed by atoms with van der Waals surface area (Å²) in [5.74, 6) is -0.0607. The van der Waals surface area contributed by atoms with Crippen molar-refractivity contribution >= 4 is 29.3 Å². The number of benzene rings is 1. The van der Waals surface area contributed by atoms with Crippen LogP contribution < -0.4 is 4.90 Å². The van der Waals surface area contributed by atoms with E-state index in [2.05, 4.69) is 9.88 Å². The summed E-state index contributed by atoms with van der Waals surface area (Å²) in [6, 6.07) is 12.1. The minimum atomic E-state index is -0.736. The van der Waals surface area contributed by atoms with Gasteiger partial charge in [0.15, 0.2) is 0 Å². The van der Waals surface area contributed by atoms with Crippen LogP contribution in [-0.4, -0.2) is 48.0 Å². The molecule has 6 nitrogen and oxygen atoms in total. The number of esters is 1. The van der Waals surface area contributed by atoms with Gasteiger partial charge in [-0.15, -0.1) is 0 Å². The number of nitrogens with zero attached hydrogens (tertiary/aromatic N) is 3. The van der Waals surface area contributed by atoms with Crippen molar-refractivity contribution in [2.45, 2.75) is 32.4 Å².